The van der Waals surface area contributed by atoms with Crippen molar-refractivity contribution >= 4 is 21.7 Å². The van der Waals surface area contributed by atoms with Gasteiger partial charge in [-0.05, 0) is 46.8 Å². The van der Waals surface area contributed by atoms with Gasteiger partial charge < -0.3 is 0 Å². The number of benzene rings is 1. The summed E-state index contributed by atoms with van der Waals surface area (Å²) >= 11 is 2.88. The molecule has 0 radical (unpaired) electrons. The molecule has 86 valence electrons. The summed E-state index contributed by atoms with van der Waals surface area (Å²) in [5.74, 6) is -1.43. The molecule has 1 nitrogen and oxygen atoms in total. The zero-order chi connectivity index (χ0) is 11.9. The maximum atomic E-state index is 13.5. The number of rotatable bonds is 3. The third kappa shape index (κ3) is 2.17. The van der Waals surface area contributed by atoms with E-state index in [2.05, 4.69) is 15.9 Å². The van der Waals surface area contributed by atoms with Crippen molar-refractivity contribution in [3.05, 3.63) is 33.8 Å². The number of Topliss-reactive ketones (excluding diaryl/α,β-unsaturated/α-hetero) is 1. The molecule has 1 aromatic rings. The number of hydrogen-bond donors (Lipinski definition) is 0. The molecule has 1 atom stereocenters. The van der Waals surface area contributed by atoms with Gasteiger partial charge in [-0.25, -0.2) is 8.78 Å². The van der Waals surface area contributed by atoms with Crippen molar-refractivity contribution in [2.24, 2.45) is 11.8 Å². The second-order valence-electron chi connectivity index (χ2n) is 4.24. The molecule has 0 spiro atoms. The fourth-order valence-electron chi connectivity index (χ4n) is 1.77. The summed E-state index contributed by atoms with van der Waals surface area (Å²) in [6.07, 6.45) is 2.01. The molecule has 1 unspecified atom stereocenters. The van der Waals surface area contributed by atoms with Gasteiger partial charge in [0.15, 0.2) is 5.78 Å². The van der Waals surface area contributed by atoms with Crippen LogP contribution in [0.5, 0.6) is 0 Å². The normalized spacial score (nSPS) is 17.2. The first-order valence-corrected chi connectivity index (χ1v) is 5.98. The van der Waals surface area contributed by atoms with Gasteiger partial charge in [-0.1, -0.05) is 6.92 Å². The van der Waals surface area contributed by atoms with Crippen molar-refractivity contribution in [3.63, 3.8) is 0 Å². The number of carbonyl (C=O) groups excluding carboxylic acids is 1. The molecular formula is C12H11BrF2O. The van der Waals surface area contributed by atoms with Crippen LogP contribution >= 0.6 is 15.9 Å². The van der Waals surface area contributed by atoms with E-state index in [1.54, 1.807) is 6.92 Å². The van der Waals surface area contributed by atoms with Crippen molar-refractivity contribution in [1.29, 1.82) is 0 Å². The Bertz CT molecular complexity index is 441. The molecule has 0 heterocycles. The summed E-state index contributed by atoms with van der Waals surface area (Å²) in [4.78, 5) is 11.9. The minimum atomic E-state index is -0.661. The molecule has 0 saturated heterocycles. The van der Waals surface area contributed by atoms with E-state index in [9.17, 15) is 13.6 Å². The van der Waals surface area contributed by atoms with Crippen LogP contribution in [-0.4, -0.2) is 5.78 Å². The van der Waals surface area contributed by atoms with Crippen LogP contribution in [0.3, 0.4) is 0 Å². The Morgan fingerprint density at radius 1 is 1.38 bits per heavy atom. The Labute approximate surface area is 101 Å². The van der Waals surface area contributed by atoms with Crippen LogP contribution in [0.4, 0.5) is 8.78 Å². The molecule has 0 aromatic heterocycles. The van der Waals surface area contributed by atoms with E-state index in [4.69, 9.17) is 0 Å². The third-order valence-corrected chi connectivity index (χ3v) is 3.63. The van der Waals surface area contributed by atoms with Crippen LogP contribution in [-0.2, 0) is 0 Å². The lowest BCUT2D eigenvalue weighted by Gasteiger charge is -2.10. The second kappa shape index (κ2) is 4.24. The molecule has 1 saturated carbocycles. The van der Waals surface area contributed by atoms with Gasteiger partial charge in [0.1, 0.15) is 11.6 Å². The van der Waals surface area contributed by atoms with E-state index in [0.717, 1.165) is 25.0 Å². The Morgan fingerprint density at radius 2 is 2.00 bits per heavy atom. The van der Waals surface area contributed by atoms with Gasteiger partial charge >= 0.3 is 0 Å². The Hall–Kier alpha value is -0.770. The first-order chi connectivity index (χ1) is 7.50. The Morgan fingerprint density at radius 3 is 2.56 bits per heavy atom. The van der Waals surface area contributed by atoms with Crippen LogP contribution in [0.15, 0.2) is 16.6 Å². The van der Waals surface area contributed by atoms with Crippen LogP contribution in [0, 0.1) is 23.5 Å². The van der Waals surface area contributed by atoms with Crippen molar-refractivity contribution in [2.75, 3.05) is 0 Å². The summed E-state index contributed by atoms with van der Waals surface area (Å²) in [6.45, 7) is 1.78. The fourth-order valence-corrected chi connectivity index (χ4v) is 2.08. The minimum absolute atomic E-state index is 0.0422. The zero-order valence-electron chi connectivity index (χ0n) is 8.77. The standard InChI is InChI=1S/C12H11BrF2O/c1-6(7-2-3-7)12(16)8-4-11(15)9(13)5-10(8)14/h4-7H,2-3H2,1H3. The highest BCUT2D eigenvalue weighted by atomic mass is 79.9. The SMILES string of the molecule is CC(C(=O)c1cc(F)c(Br)cc1F)C1CC1. The topological polar surface area (TPSA) is 17.1 Å². The molecule has 1 fully saturated rings. The lowest BCUT2D eigenvalue weighted by Crippen LogP contribution is -2.15. The van der Waals surface area contributed by atoms with Gasteiger partial charge in [-0.2, -0.15) is 0 Å². The van der Waals surface area contributed by atoms with Gasteiger partial charge in [0, 0.05) is 5.92 Å². The maximum Gasteiger partial charge on any atom is 0.168 e. The fraction of sp³-hybridized carbons (Fsp3) is 0.417. The van der Waals surface area contributed by atoms with Crippen LogP contribution in [0.1, 0.15) is 30.1 Å². The van der Waals surface area contributed by atoms with Gasteiger partial charge in [-0.3, -0.25) is 4.79 Å². The molecule has 0 aliphatic heterocycles. The van der Waals surface area contributed by atoms with Crippen molar-refractivity contribution in [2.45, 2.75) is 19.8 Å². The van der Waals surface area contributed by atoms with E-state index in [1.165, 1.54) is 0 Å². The molecule has 2 rings (SSSR count). The quantitative estimate of drug-likeness (QED) is 0.608. The van der Waals surface area contributed by atoms with Crippen molar-refractivity contribution in [3.8, 4) is 0 Å². The average molecular weight is 289 g/mol. The Balaban J connectivity index is 2.32. The van der Waals surface area contributed by atoms with Gasteiger partial charge in [0.05, 0.1) is 10.0 Å². The highest BCUT2D eigenvalue weighted by Gasteiger charge is 2.34. The van der Waals surface area contributed by atoms with E-state index in [1.807, 2.05) is 0 Å². The van der Waals surface area contributed by atoms with Crippen LogP contribution < -0.4 is 0 Å². The molecule has 16 heavy (non-hydrogen) atoms. The first-order valence-electron chi connectivity index (χ1n) is 5.19. The predicted octanol–water partition coefficient (Wildman–Crippen LogP) is 3.96. The van der Waals surface area contributed by atoms with Crippen molar-refractivity contribution < 1.29 is 13.6 Å². The summed E-state index contributed by atoms with van der Waals surface area (Å²) in [7, 11) is 0. The lowest BCUT2D eigenvalue weighted by molar-refractivity contribution is 0.0911. The monoisotopic (exact) mass is 288 g/mol. The number of halogens is 3. The van der Waals surface area contributed by atoms with E-state index in [0.29, 0.717) is 5.92 Å². The number of carbonyl (C=O) groups is 1. The van der Waals surface area contributed by atoms with Crippen molar-refractivity contribution in [1.82, 2.24) is 0 Å². The van der Waals surface area contributed by atoms with Gasteiger partial charge in [0.2, 0.25) is 0 Å². The summed E-state index contributed by atoms with van der Waals surface area (Å²) in [5.41, 5.74) is -0.139. The van der Waals surface area contributed by atoms with Crippen LogP contribution in [0.25, 0.3) is 0 Å². The molecule has 0 amide bonds. The second-order valence-corrected chi connectivity index (χ2v) is 5.09. The third-order valence-electron chi connectivity index (χ3n) is 3.02. The van der Waals surface area contributed by atoms with Crippen LogP contribution in [0.2, 0.25) is 0 Å². The molecule has 1 aliphatic rings. The molecular weight excluding hydrogens is 278 g/mol. The summed E-state index contributed by atoms with van der Waals surface area (Å²) in [5, 5.41) is 0. The average Bonchev–Trinajstić information content (AvgIpc) is 3.05. The highest BCUT2D eigenvalue weighted by molar-refractivity contribution is 9.10. The molecule has 4 heteroatoms. The van der Waals surface area contributed by atoms with E-state index >= 15 is 0 Å². The molecule has 0 bridgehead atoms. The van der Waals surface area contributed by atoms with Gasteiger partial charge in [-0.15, -0.1) is 0 Å². The maximum absolute atomic E-state index is 13.5. The summed E-state index contributed by atoms with van der Waals surface area (Å²) in [6, 6.07) is 1.98. The molecule has 1 aliphatic carbocycles. The molecule has 1 aromatic carbocycles. The van der Waals surface area contributed by atoms with E-state index < -0.39 is 11.6 Å². The first kappa shape index (κ1) is 11.7. The van der Waals surface area contributed by atoms with Gasteiger partial charge in [0.25, 0.3) is 0 Å². The number of ketones is 1. The smallest absolute Gasteiger partial charge is 0.168 e. The molecule has 0 N–H and O–H groups in total. The predicted molar refractivity (Wildman–Crippen MR) is 60.3 cm³/mol. The minimum Gasteiger partial charge on any atom is -0.294 e. The zero-order valence-corrected chi connectivity index (χ0v) is 10.4. The summed E-state index contributed by atoms with van der Waals surface area (Å²) < 4.78 is 26.8. The Kier molecular flexibility index (Phi) is 3.10. The largest absolute Gasteiger partial charge is 0.294 e. The highest BCUT2D eigenvalue weighted by Crippen LogP contribution is 2.38. The number of hydrogen-bond acceptors (Lipinski definition) is 1. The lowest BCUT2D eigenvalue weighted by atomic mass is 9.95. The van der Waals surface area contributed by atoms with E-state index in [-0.39, 0.29) is 21.7 Å².